The summed E-state index contributed by atoms with van der Waals surface area (Å²) in [7, 11) is 0. The molecule has 0 bridgehead atoms. The van der Waals surface area contributed by atoms with Crippen LogP contribution >= 0.6 is 0 Å². The van der Waals surface area contributed by atoms with Gasteiger partial charge in [0, 0.05) is 11.4 Å². The van der Waals surface area contributed by atoms with Crippen molar-refractivity contribution in [2.24, 2.45) is 0 Å². The number of nitrogens with zero attached hydrogens (tertiary/aromatic N) is 1. The summed E-state index contributed by atoms with van der Waals surface area (Å²) in [6, 6.07) is 17.3. The van der Waals surface area contributed by atoms with E-state index in [1.807, 2.05) is 61.5 Å². The zero-order valence-electron chi connectivity index (χ0n) is 10.1. The topological polar surface area (TPSA) is 32.3 Å². The largest absolute Gasteiger partial charge is 0.364 e. The highest BCUT2D eigenvalue weighted by Crippen LogP contribution is 2.28. The molecule has 1 amide bonds. The molecule has 1 heterocycles. The number of amides is 1. The van der Waals surface area contributed by atoms with Crippen LogP contribution in [0, 0.1) is 0 Å². The molecule has 3 nitrogen and oxygen atoms in total. The van der Waals surface area contributed by atoms with Gasteiger partial charge in [0.1, 0.15) is 6.17 Å². The molecule has 1 N–H and O–H groups in total. The van der Waals surface area contributed by atoms with Crippen LogP contribution in [0.2, 0.25) is 0 Å². The van der Waals surface area contributed by atoms with Crippen molar-refractivity contribution >= 4 is 17.3 Å². The van der Waals surface area contributed by atoms with Crippen molar-refractivity contribution in [1.82, 2.24) is 0 Å². The minimum absolute atomic E-state index is 0.0445. The van der Waals surface area contributed by atoms with E-state index < -0.39 is 0 Å². The Bertz CT molecular complexity index is 580. The summed E-state index contributed by atoms with van der Waals surface area (Å²) in [5.41, 5.74) is 2.54. The maximum absolute atomic E-state index is 12.5. The van der Waals surface area contributed by atoms with Gasteiger partial charge in [-0.25, -0.2) is 0 Å². The lowest BCUT2D eigenvalue weighted by Gasteiger charge is -2.35. The Morgan fingerprint density at radius 1 is 1.00 bits per heavy atom. The first-order valence-electron chi connectivity index (χ1n) is 6.01. The Labute approximate surface area is 106 Å². The highest BCUT2D eigenvalue weighted by atomic mass is 16.2. The number of para-hydroxylation sites is 2. The fraction of sp³-hybridized carbons (Fsp3) is 0.133. The average molecular weight is 238 g/mol. The number of carbonyl (C=O) groups is 1. The van der Waals surface area contributed by atoms with Crippen LogP contribution in [0.3, 0.4) is 0 Å². The monoisotopic (exact) mass is 238 g/mol. The zero-order valence-corrected chi connectivity index (χ0v) is 10.1. The Hall–Kier alpha value is -2.29. The highest BCUT2D eigenvalue weighted by Gasteiger charge is 2.29. The second kappa shape index (κ2) is 4.18. The molecule has 0 aromatic heterocycles. The summed E-state index contributed by atoms with van der Waals surface area (Å²) in [5, 5.41) is 3.34. The first-order chi connectivity index (χ1) is 8.77. The fourth-order valence-electron chi connectivity index (χ4n) is 2.32. The number of hydrogen-bond acceptors (Lipinski definition) is 2. The zero-order chi connectivity index (χ0) is 12.5. The number of anilines is 2. The molecule has 0 saturated carbocycles. The first-order valence-corrected chi connectivity index (χ1v) is 6.01. The molecule has 3 rings (SSSR count). The molecule has 0 saturated heterocycles. The summed E-state index contributed by atoms with van der Waals surface area (Å²) in [6.45, 7) is 1.99. The molecule has 3 heteroatoms. The average Bonchev–Trinajstić information content (AvgIpc) is 2.40. The van der Waals surface area contributed by atoms with E-state index in [4.69, 9.17) is 0 Å². The van der Waals surface area contributed by atoms with Gasteiger partial charge in [0.2, 0.25) is 0 Å². The minimum Gasteiger partial charge on any atom is -0.364 e. The quantitative estimate of drug-likeness (QED) is 0.828. The molecule has 0 spiro atoms. The van der Waals surface area contributed by atoms with Gasteiger partial charge < -0.3 is 5.32 Å². The van der Waals surface area contributed by atoms with Crippen molar-refractivity contribution in [3.8, 4) is 0 Å². The number of carbonyl (C=O) groups excluding carboxylic acids is 1. The van der Waals surface area contributed by atoms with E-state index >= 15 is 0 Å². The lowest BCUT2D eigenvalue weighted by Crippen LogP contribution is -2.47. The Morgan fingerprint density at radius 3 is 2.44 bits per heavy atom. The number of hydrogen-bond donors (Lipinski definition) is 1. The molecule has 0 aliphatic carbocycles. The lowest BCUT2D eigenvalue weighted by molar-refractivity contribution is 0.0977. The van der Waals surface area contributed by atoms with Crippen molar-refractivity contribution in [2.75, 3.05) is 10.2 Å². The van der Waals surface area contributed by atoms with Crippen molar-refractivity contribution in [1.29, 1.82) is 0 Å². The van der Waals surface area contributed by atoms with Gasteiger partial charge in [-0.1, -0.05) is 30.3 Å². The Balaban J connectivity index is 2.06. The Morgan fingerprint density at radius 2 is 1.67 bits per heavy atom. The first kappa shape index (κ1) is 10.8. The second-order valence-corrected chi connectivity index (χ2v) is 4.38. The predicted octanol–water partition coefficient (Wildman–Crippen LogP) is 3.10. The SMILES string of the molecule is CC1Nc2ccccc2C(=O)N1c1ccccc1. The van der Waals surface area contributed by atoms with Crippen LogP contribution in [-0.2, 0) is 0 Å². The van der Waals surface area contributed by atoms with Crippen molar-refractivity contribution in [2.45, 2.75) is 13.1 Å². The molecular formula is C15H14N2O. The third kappa shape index (κ3) is 1.64. The normalized spacial score (nSPS) is 18.2. The van der Waals surface area contributed by atoms with Crippen LogP contribution in [0.15, 0.2) is 54.6 Å². The van der Waals surface area contributed by atoms with Crippen LogP contribution in [-0.4, -0.2) is 12.1 Å². The highest BCUT2D eigenvalue weighted by molar-refractivity contribution is 6.11. The summed E-state index contributed by atoms with van der Waals surface area (Å²) in [5.74, 6) is 0.0445. The molecular weight excluding hydrogens is 224 g/mol. The van der Waals surface area contributed by atoms with Crippen molar-refractivity contribution in [3.63, 3.8) is 0 Å². The minimum atomic E-state index is -0.0465. The molecule has 1 atom stereocenters. The second-order valence-electron chi connectivity index (χ2n) is 4.38. The number of fused-ring (bicyclic) bond motifs is 1. The number of nitrogens with one attached hydrogen (secondary N) is 1. The number of benzene rings is 2. The molecule has 0 radical (unpaired) electrons. The van der Waals surface area contributed by atoms with E-state index in [1.54, 1.807) is 4.90 Å². The van der Waals surface area contributed by atoms with Gasteiger partial charge in [0.05, 0.1) is 5.56 Å². The molecule has 1 unspecified atom stereocenters. The standard InChI is InChI=1S/C15H14N2O/c1-11-16-14-10-6-5-9-13(14)15(18)17(11)12-7-3-2-4-8-12/h2-11,16H,1H3. The van der Waals surface area contributed by atoms with E-state index in [0.717, 1.165) is 16.9 Å². The van der Waals surface area contributed by atoms with Crippen LogP contribution in [0.1, 0.15) is 17.3 Å². The van der Waals surface area contributed by atoms with Crippen LogP contribution in [0.4, 0.5) is 11.4 Å². The molecule has 2 aromatic carbocycles. The molecule has 2 aromatic rings. The number of rotatable bonds is 1. The summed E-state index contributed by atoms with van der Waals surface area (Å²) < 4.78 is 0. The van der Waals surface area contributed by atoms with Crippen LogP contribution in [0.5, 0.6) is 0 Å². The maximum atomic E-state index is 12.5. The van der Waals surface area contributed by atoms with Gasteiger partial charge in [0.15, 0.2) is 0 Å². The molecule has 90 valence electrons. The van der Waals surface area contributed by atoms with Gasteiger partial charge in [-0.3, -0.25) is 9.69 Å². The fourth-order valence-corrected chi connectivity index (χ4v) is 2.32. The van der Waals surface area contributed by atoms with E-state index in [-0.39, 0.29) is 12.1 Å². The summed E-state index contributed by atoms with van der Waals surface area (Å²) in [6.07, 6.45) is -0.0465. The molecule has 1 aliphatic rings. The molecule has 1 aliphatic heterocycles. The third-order valence-electron chi connectivity index (χ3n) is 3.16. The third-order valence-corrected chi connectivity index (χ3v) is 3.16. The van der Waals surface area contributed by atoms with E-state index in [1.165, 1.54) is 0 Å². The Kier molecular flexibility index (Phi) is 2.52. The van der Waals surface area contributed by atoms with Gasteiger partial charge in [0.25, 0.3) is 5.91 Å². The summed E-state index contributed by atoms with van der Waals surface area (Å²) >= 11 is 0. The van der Waals surface area contributed by atoms with E-state index in [0.29, 0.717) is 0 Å². The lowest BCUT2D eigenvalue weighted by atomic mass is 10.1. The van der Waals surface area contributed by atoms with Crippen molar-refractivity contribution < 1.29 is 4.79 Å². The van der Waals surface area contributed by atoms with Crippen LogP contribution in [0.25, 0.3) is 0 Å². The molecule has 18 heavy (non-hydrogen) atoms. The molecule has 0 fully saturated rings. The van der Waals surface area contributed by atoms with Gasteiger partial charge in [-0.15, -0.1) is 0 Å². The smallest absolute Gasteiger partial charge is 0.262 e. The predicted molar refractivity (Wildman–Crippen MR) is 72.8 cm³/mol. The maximum Gasteiger partial charge on any atom is 0.262 e. The summed E-state index contributed by atoms with van der Waals surface area (Å²) in [4.78, 5) is 14.3. The van der Waals surface area contributed by atoms with Crippen LogP contribution < -0.4 is 10.2 Å². The van der Waals surface area contributed by atoms with Gasteiger partial charge >= 0.3 is 0 Å². The van der Waals surface area contributed by atoms with Gasteiger partial charge in [-0.05, 0) is 31.2 Å². The van der Waals surface area contributed by atoms with Crippen molar-refractivity contribution in [3.05, 3.63) is 60.2 Å². The van der Waals surface area contributed by atoms with E-state index in [2.05, 4.69) is 5.32 Å². The van der Waals surface area contributed by atoms with E-state index in [9.17, 15) is 4.79 Å². The van der Waals surface area contributed by atoms with Gasteiger partial charge in [-0.2, -0.15) is 0 Å².